The molecule has 0 spiro atoms. The number of aliphatic carboxylic acids is 1. The van der Waals surface area contributed by atoms with Gasteiger partial charge in [-0.3, -0.25) is 9.69 Å². The Morgan fingerprint density at radius 3 is 2.29 bits per heavy atom. The van der Waals surface area contributed by atoms with Crippen LogP contribution in [-0.2, 0) is 4.79 Å². The molecule has 2 unspecified atom stereocenters. The molecule has 0 radical (unpaired) electrons. The molecule has 17 heavy (non-hydrogen) atoms. The Balaban J connectivity index is 1.92. The van der Waals surface area contributed by atoms with Crippen LogP contribution < -0.4 is 0 Å². The summed E-state index contributed by atoms with van der Waals surface area (Å²) in [7, 11) is 0. The molecule has 1 N–H and O–H groups in total. The molecule has 3 nitrogen and oxygen atoms in total. The van der Waals surface area contributed by atoms with Crippen molar-refractivity contribution < 1.29 is 9.90 Å². The number of nitrogens with zero attached hydrogens (tertiary/aromatic N) is 1. The van der Waals surface area contributed by atoms with Crippen LogP contribution >= 0.6 is 0 Å². The monoisotopic (exact) mass is 239 g/mol. The highest BCUT2D eigenvalue weighted by Crippen LogP contribution is 2.39. The maximum atomic E-state index is 11.3. The van der Waals surface area contributed by atoms with Crippen molar-refractivity contribution in [3.05, 3.63) is 0 Å². The average Bonchev–Trinajstić information content (AvgIpc) is 2.13. The average molecular weight is 239 g/mol. The van der Waals surface area contributed by atoms with Gasteiger partial charge in [0, 0.05) is 19.1 Å². The Labute approximate surface area is 104 Å². The molecule has 0 aromatic rings. The van der Waals surface area contributed by atoms with Gasteiger partial charge >= 0.3 is 5.97 Å². The topological polar surface area (TPSA) is 40.5 Å². The first-order valence-corrected chi connectivity index (χ1v) is 6.86. The standard InChI is InChI=1S/C14H25NO2/c1-14(2,3)10-8-15(9-10)12-7-5-4-6-11(12)13(16)17/h10-12H,4-9H2,1-3H3,(H,16,17). The van der Waals surface area contributed by atoms with Crippen molar-refractivity contribution in [3.63, 3.8) is 0 Å². The SMILES string of the molecule is CC(C)(C)C1CN(C2CCCCC2C(=O)O)C1. The molecule has 0 aromatic heterocycles. The third-order valence-electron chi connectivity index (χ3n) is 4.65. The van der Waals surface area contributed by atoms with Crippen LogP contribution in [0.3, 0.4) is 0 Å². The summed E-state index contributed by atoms with van der Waals surface area (Å²) >= 11 is 0. The van der Waals surface area contributed by atoms with Crippen LogP contribution in [0, 0.1) is 17.3 Å². The van der Waals surface area contributed by atoms with E-state index in [9.17, 15) is 9.90 Å². The van der Waals surface area contributed by atoms with Gasteiger partial charge in [-0.2, -0.15) is 0 Å². The predicted octanol–water partition coefficient (Wildman–Crippen LogP) is 2.61. The minimum Gasteiger partial charge on any atom is -0.481 e. The Morgan fingerprint density at radius 1 is 1.18 bits per heavy atom. The quantitative estimate of drug-likeness (QED) is 0.805. The first-order chi connectivity index (χ1) is 7.89. The Morgan fingerprint density at radius 2 is 1.76 bits per heavy atom. The largest absolute Gasteiger partial charge is 0.481 e. The van der Waals surface area contributed by atoms with Crippen molar-refractivity contribution in [1.82, 2.24) is 4.90 Å². The fourth-order valence-corrected chi connectivity index (χ4v) is 3.17. The van der Waals surface area contributed by atoms with Gasteiger partial charge in [-0.25, -0.2) is 0 Å². The van der Waals surface area contributed by atoms with Crippen LogP contribution in [0.25, 0.3) is 0 Å². The number of hydrogen-bond donors (Lipinski definition) is 1. The smallest absolute Gasteiger partial charge is 0.308 e. The molecule has 0 amide bonds. The van der Waals surface area contributed by atoms with E-state index in [0.29, 0.717) is 11.5 Å². The van der Waals surface area contributed by atoms with Crippen molar-refractivity contribution in [2.75, 3.05) is 13.1 Å². The second-order valence-electron chi connectivity index (χ2n) is 6.81. The van der Waals surface area contributed by atoms with Crippen LogP contribution in [0.2, 0.25) is 0 Å². The molecule has 0 aromatic carbocycles. The first-order valence-electron chi connectivity index (χ1n) is 6.86. The molecule has 98 valence electrons. The Hall–Kier alpha value is -0.570. The minimum atomic E-state index is -0.589. The lowest BCUT2D eigenvalue weighted by atomic mass is 9.73. The molecule has 2 atom stereocenters. The number of carboxylic acid groups (broad SMARTS) is 1. The van der Waals surface area contributed by atoms with Gasteiger partial charge in [-0.15, -0.1) is 0 Å². The van der Waals surface area contributed by atoms with E-state index in [1.165, 1.54) is 6.42 Å². The molecular weight excluding hydrogens is 214 g/mol. The van der Waals surface area contributed by atoms with Crippen molar-refractivity contribution in [2.45, 2.75) is 52.5 Å². The molecule has 2 fully saturated rings. The lowest BCUT2D eigenvalue weighted by Crippen LogP contribution is -2.59. The van der Waals surface area contributed by atoms with Crippen molar-refractivity contribution in [2.24, 2.45) is 17.3 Å². The van der Waals surface area contributed by atoms with Gasteiger partial charge in [0.05, 0.1) is 5.92 Å². The summed E-state index contributed by atoms with van der Waals surface area (Å²) in [5.41, 5.74) is 0.365. The summed E-state index contributed by atoms with van der Waals surface area (Å²) in [6.07, 6.45) is 4.24. The first kappa shape index (κ1) is 12.9. The second kappa shape index (κ2) is 4.60. The molecule has 2 rings (SSSR count). The zero-order chi connectivity index (χ0) is 12.6. The molecule has 1 aliphatic carbocycles. The van der Waals surface area contributed by atoms with Gasteiger partial charge in [0.15, 0.2) is 0 Å². The van der Waals surface area contributed by atoms with Gasteiger partial charge in [0.25, 0.3) is 0 Å². The number of likely N-dealkylation sites (tertiary alicyclic amines) is 1. The molecule has 1 heterocycles. The van der Waals surface area contributed by atoms with Crippen molar-refractivity contribution >= 4 is 5.97 Å². The molecule has 1 saturated heterocycles. The van der Waals surface area contributed by atoms with Gasteiger partial charge in [-0.05, 0) is 24.2 Å². The maximum Gasteiger partial charge on any atom is 0.308 e. The summed E-state index contributed by atoms with van der Waals surface area (Å²) in [5.74, 6) is 0.0254. The number of rotatable bonds is 2. The van der Waals surface area contributed by atoms with Gasteiger partial charge in [0.1, 0.15) is 0 Å². The Kier molecular flexibility index (Phi) is 3.48. The van der Waals surface area contributed by atoms with E-state index < -0.39 is 5.97 Å². The zero-order valence-corrected chi connectivity index (χ0v) is 11.3. The number of hydrogen-bond acceptors (Lipinski definition) is 2. The molecule has 2 aliphatic rings. The summed E-state index contributed by atoms with van der Waals surface area (Å²) in [4.78, 5) is 13.7. The van der Waals surface area contributed by atoms with Crippen LogP contribution in [0.4, 0.5) is 0 Å². The molecule has 1 aliphatic heterocycles. The molecular formula is C14H25NO2. The fraction of sp³-hybridized carbons (Fsp3) is 0.929. The van der Waals surface area contributed by atoms with Crippen LogP contribution in [0.5, 0.6) is 0 Å². The van der Waals surface area contributed by atoms with E-state index >= 15 is 0 Å². The number of carboxylic acids is 1. The maximum absolute atomic E-state index is 11.3. The fourth-order valence-electron chi connectivity index (χ4n) is 3.17. The summed E-state index contributed by atoms with van der Waals surface area (Å²) in [6.45, 7) is 9.04. The highest BCUT2D eigenvalue weighted by atomic mass is 16.4. The van der Waals surface area contributed by atoms with E-state index in [2.05, 4.69) is 25.7 Å². The highest BCUT2D eigenvalue weighted by Gasteiger charge is 2.43. The second-order valence-corrected chi connectivity index (χ2v) is 6.81. The predicted molar refractivity (Wildman–Crippen MR) is 67.9 cm³/mol. The summed E-state index contributed by atoms with van der Waals surface area (Å²) in [6, 6.07) is 0.305. The van der Waals surface area contributed by atoms with Crippen LogP contribution in [0.1, 0.15) is 46.5 Å². The van der Waals surface area contributed by atoms with E-state index in [1.807, 2.05) is 0 Å². The third kappa shape index (κ3) is 2.65. The summed E-state index contributed by atoms with van der Waals surface area (Å²) < 4.78 is 0. The van der Waals surface area contributed by atoms with E-state index in [4.69, 9.17) is 0 Å². The third-order valence-corrected chi connectivity index (χ3v) is 4.65. The molecule has 0 bridgehead atoms. The van der Waals surface area contributed by atoms with E-state index in [1.54, 1.807) is 0 Å². The Bertz CT molecular complexity index is 289. The summed E-state index contributed by atoms with van der Waals surface area (Å²) in [5, 5.41) is 9.28. The van der Waals surface area contributed by atoms with Crippen LogP contribution in [-0.4, -0.2) is 35.1 Å². The van der Waals surface area contributed by atoms with Gasteiger partial charge in [-0.1, -0.05) is 33.6 Å². The highest BCUT2D eigenvalue weighted by molar-refractivity contribution is 5.71. The van der Waals surface area contributed by atoms with Crippen molar-refractivity contribution in [3.8, 4) is 0 Å². The minimum absolute atomic E-state index is 0.121. The zero-order valence-electron chi connectivity index (χ0n) is 11.3. The molecule has 3 heteroatoms. The van der Waals surface area contributed by atoms with E-state index in [-0.39, 0.29) is 5.92 Å². The number of carbonyl (C=O) groups is 1. The van der Waals surface area contributed by atoms with Gasteiger partial charge in [0.2, 0.25) is 0 Å². The van der Waals surface area contributed by atoms with Gasteiger partial charge < -0.3 is 5.11 Å². The lowest BCUT2D eigenvalue weighted by Gasteiger charge is -2.52. The normalized spacial score (nSPS) is 32.2. The van der Waals surface area contributed by atoms with Crippen LogP contribution in [0.15, 0.2) is 0 Å². The van der Waals surface area contributed by atoms with E-state index in [0.717, 1.165) is 38.3 Å². The molecule has 1 saturated carbocycles. The lowest BCUT2D eigenvalue weighted by molar-refractivity contribution is -0.148. The van der Waals surface area contributed by atoms with Crippen molar-refractivity contribution in [1.29, 1.82) is 0 Å².